The van der Waals surface area contributed by atoms with Crippen molar-refractivity contribution in [2.45, 2.75) is 12.8 Å². The largest absolute Gasteiger partial charge is 0.396 e. The van der Waals surface area contributed by atoms with Gasteiger partial charge in [0, 0.05) is 28.9 Å². The number of halogens is 1. The van der Waals surface area contributed by atoms with Crippen molar-refractivity contribution in [3.05, 3.63) is 71.0 Å². The number of aliphatic hydroxyl groups is 1. The van der Waals surface area contributed by atoms with E-state index in [2.05, 4.69) is 10.3 Å². The third-order valence-corrected chi connectivity index (χ3v) is 4.66. The second-order valence-corrected chi connectivity index (χ2v) is 6.62. The van der Waals surface area contributed by atoms with E-state index in [0.29, 0.717) is 22.7 Å². The highest BCUT2D eigenvalue weighted by Crippen LogP contribution is 2.27. The third kappa shape index (κ3) is 4.49. The number of aromatic nitrogens is 1. The molecule has 1 heterocycles. The summed E-state index contributed by atoms with van der Waals surface area (Å²) in [5.74, 6) is -0.477. The smallest absolute Gasteiger partial charge is 0.229 e. The highest BCUT2D eigenvalue weighted by Gasteiger charge is 2.11. The minimum atomic E-state index is -0.323. The molecule has 0 spiro atoms. The number of amides is 1. The van der Waals surface area contributed by atoms with E-state index in [1.807, 2.05) is 12.1 Å². The zero-order valence-electron chi connectivity index (χ0n) is 13.4. The molecule has 0 saturated carbocycles. The van der Waals surface area contributed by atoms with Gasteiger partial charge in [0.1, 0.15) is 10.8 Å². The number of anilines is 1. The minimum absolute atomic E-state index is 0.0986. The van der Waals surface area contributed by atoms with E-state index in [1.54, 1.807) is 36.5 Å². The molecule has 0 atom stereocenters. The summed E-state index contributed by atoms with van der Waals surface area (Å²) in [5.41, 5.74) is 2.15. The van der Waals surface area contributed by atoms with Gasteiger partial charge in [0.2, 0.25) is 5.91 Å². The van der Waals surface area contributed by atoms with Gasteiger partial charge in [-0.25, -0.2) is 9.37 Å². The quantitative estimate of drug-likeness (QED) is 0.708. The van der Waals surface area contributed by atoms with Crippen LogP contribution in [-0.4, -0.2) is 22.6 Å². The Morgan fingerprint density at radius 2 is 1.92 bits per heavy atom. The van der Waals surface area contributed by atoms with Crippen molar-refractivity contribution in [3.63, 3.8) is 0 Å². The van der Waals surface area contributed by atoms with Crippen LogP contribution < -0.4 is 5.32 Å². The maximum absolute atomic E-state index is 13.8. The Hall–Kier alpha value is -2.57. The molecular formula is C19H17FN2O2S. The van der Waals surface area contributed by atoms with E-state index in [-0.39, 0.29) is 24.8 Å². The Morgan fingerprint density at radius 1 is 1.16 bits per heavy atom. The number of hydrogen-bond acceptors (Lipinski definition) is 4. The van der Waals surface area contributed by atoms with Crippen LogP contribution in [0.4, 0.5) is 10.1 Å². The number of rotatable bonds is 6. The van der Waals surface area contributed by atoms with Crippen molar-refractivity contribution < 1.29 is 14.3 Å². The average Bonchev–Trinajstić information content (AvgIpc) is 3.05. The Labute approximate surface area is 149 Å². The molecule has 6 heteroatoms. The summed E-state index contributed by atoms with van der Waals surface area (Å²) in [6, 6.07) is 13.8. The van der Waals surface area contributed by atoms with Crippen LogP contribution in [0.5, 0.6) is 0 Å². The summed E-state index contributed by atoms with van der Waals surface area (Å²) >= 11 is 1.31. The van der Waals surface area contributed by atoms with Crippen LogP contribution in [0.3, 0.4) is 0 Å². The number of benzene rings is 2. The van der Waals surface area contributed by atoms with Crippen molar-refractivity contribution >= 4 is 22.9 Å². The number of nitrogens with zero attached hydrogens (tertiary/aromatic N) is 1. The molecule has 0 aliphatic rings. The van der Waals surface area contributed by atoms with Crippen molar-refractivity contribution in [2.24, 2.45) is 0 Å². The van der Waals surface area contributed by atoms with Gasteiger partial charge < -0.3 is 10.4 Å². The molecule has 25 heavy (non-hydrogen) atoms. The van der Waals surface area contributed by atoms with Gasteiger partial charge in [0.15, 0.2) is 0 Å². The van der Waals surface area contributed by atoms with Gasteiger partial charge in [0.25, 0.3) is 0 Å². The van der Waals surface area contributed by atoms with Gasteiger partial charge >= 0.3 is 0 Å². The lowest BCUT2D eigenvalue weighted by molar-refractivity contribution is -0.115. The number of hydrogen-bond donors (Lipinski definition) is 2. The van der Waals surface area contributed by atoms with E-state index in [0.717, 1.165) is 10.4 Å². The molecule has 3 rings (SSSR count). The fourth-order valence-corrected chi connectivity index (χ4v) is 3.33. The molecule has 0 fully saturated rings. The van der Waals surface area contributed by atoms with E-state index in [9.17, 15) is 9.18 Å². The first-order valence-electron chi connectivity index (χ1n) is 7.85. The lowest BCUT2D eigenvalue weighted by atomic mass is 10.1. The van der Waals surface area contributed by atoms with E-state index >= 15 is 0 Å². The summed E-state index contributed by atoms with van der Waals surface area (Å²) in [6.07, 6.45) is 2.38. The molecule has 0 aliphatic heterocycles. The number of thiazole rings is 1. The third-order valence-electron chi connectivity index (χ3n) is 3.63. The fourth-order valence-electron chi connectivity index (χ4n) is 2.40. The summed E-state index contributed by atoms with van der Waals surface area (Å²) in [4.78, 5) is 17.1. The Balaban J connectivity index is 1.63. The first-order valence-corrected chi connectivity index (χ1v) is 8.66. The maximum Gasteiger partial charge on any atom is 0.229 e. The van der Waals surface area contributed by atoms with Gasteiger partial charge in [0.05, 0.1) is 6.42 Å². The fraction of sp³-hybridized carbons (Fsp3) is 0.158. The van der Waals surface area contributed by atoms with Crippen LogP contribution in [0.1, 0.15) is 10.4 Å². The topological polar surface area (TPSA) is 62.2 Å². The SMILES string of the molecule is O=C(Cc1cnc(-c2ccccc2F)s1)Nc1ccc(CCO)cc1. The number of aliphatic hydroxyl groups excluding tert-OH is 1. The highest BCUT2D eigenvalue weighted by molar-refractivity contribution is 7.15. The normalized spacial score (nSPS) is 10.6. The molecule has 0 bridgehead atoms. The standard InChI is InChI=1S/C19H17FN2O2S/c20-17-4-2-1-3-16(17)19-21-12-15(25-19)11-18(24)22-14-7-5-13(6-8-14)9-10-23/h1-8,12,23H,9-11H2,(H,22,24). The Kier molecular flexibility index (Phi) is 5.53. The molecule has 1 amide bonds. The second kappa shape index (κ2) is 8.00. The molecular weight excluding hydrogens is 339 g/mol. The van der Waals surface area contributed by atoms with Gasteiger partial charge in [-0.1, -0.05) is 24.3 Å². The van der Waals surface area contributed by atoms with Crippen LogP contribution >= 0.6 is 11.3 Å². The lowest BCUT2D eigenvalue weighted by Crippen LogP contribution is -2.13. The van der Waals surface area contributed by atoms with Crippen LogP contribution in [0.2, 0.25) is 0 Å². The monoisotopic (exact) mass is 356 g/mol. The summed E-state index contributed by atoms with van der Waals surface area (Å²) in [6.45, 7) is 0.0986. The average molecular weight is 356 g/mol. The van der Waals surface area contributed by atoms with Crippen LogP contribution in [-0.2, 0) is 17.6 Å². The molecule has 0 unspecified atom stereocenters. The van der Waals surface area contributed by atoms with Gasteiger partial charge in [-0.3, -0.25) is 4.79 Å². The van der Waals surface area contributed by atoms with Gasteiger partial charge in [-0.2, -0.15) is 0 Å². The molecule has 2 N–H and O–H groups in total. The molecule has 0 saturated heterocycles. The van der Waals surface area contributed by atoms with Gasteiger partial charge in [-0.15, -0.1) is 11.3 Å². The first kappa shape index (κ1) is 17.3. The van der Waals surface area contributed by atoms with E-state index in [4.69, 9.17) is 5.11 Å². The molecule has 3 aromatic rings. The van der Waals surface area contributed by atoms with Crippen LogP contribution in [0, 0.1) is 5.82 Å². The van der Waals surface area contributed by atoms with E-state index < -0.39 is 0 Å². The highest BCUT2D eigenvalue weighted by atomic mass is 32.1. The Bertz CT molecular complexity index is 862. The van der Waals surface area contributed by atoms with Crippen molar-refractivity contribution in [2.75, 3.05) is 11.9 Å². The van der Waals surface area contributed by atoms with Gasteiger partial charge in [-0.05, 0) is 36.2 Å². The summed E-state index contributed by atoms with van der Waals surface area (Å²) < 4.78 is 13.8. The zero-order chi connectivity index (χ0) is 17.6. The molecule has 4 nitrogen and oxygen atoms in total. The number of carbonyl (C=O) groups excluding carboxylic acids is 1. The molecule has 0 radical (unpaired) electrons. The predicted octanol–water partition coefficient (Wildman–Crippen LogP) is 3.67. The summed E-state index contributed by atoms with van der Waals surface area (Å²) in [7, 11) is 0. The van der Waals surface area contributed by atoms with Crippen molar-refractivity contribution in [1.29, 1.82) is 0 Å². The number of carbonyl (C=O) groups is 1. The zero-order valence-corrected chi connectivity index (χ0v) is 14.2. The predicted molar refractivity (Wildman–Crippen MR) is 97.1 cm³/mol. The molecule has 0 aliphatic carbocycles. The Morgan fingerprint density at radius 3 is 2.64 bits per heavy atom. The first-order chi connectivity index (χ1) is 12.2. The molecule has 2 aromatic carbocycles. The van der Waals surface area contributed by atoms with Crippen LogP contribution in [0.25, 0.3) is 10.6 Å². The van der Waals surface area contributed by atoms with E-state index in [1.165, 1.54) is 17.4 Å². The van der Waals surface area contributed by atoms with Crippen molar-refractivity contribution in [3.8, 4) is 10.6 Å². The van der Waals surface area contributed by atoms with Crippen molar-refractivity contribution in [1.82, 2.24) is 4.98 Å². The minimum Gasteiger partial charge on any atom is -0.396 e. The molecule has 128 valence electrons. The maximum atomic E-state index is 13.8. The second-order valence-electron chi connectivity index (χ2n) is 5.51. The number of nitrogens with one attached hydrogen (secondary N) is 1. The van der Waals surface area contributed by atoms with Crippen LogP contribution in [0.15, 0.2) is 54.7 Å². The lowest BCUT2D eigenvalue weighted by Gasteiger charge is -2.05. The molecule has 1 aromatic heterocycles. The summed E-state index contributed by atoms with van der Waals surface area (Å²) in [5, 5.41) is 12.3.